The van der Waals surface area contributed by atoms with Crippen LogP contribution in [-0.2, 0) is 4.74 Å². The lowest BCUT2D eigenvalue weighted by Crippen LogP contribution is -2.43. The standard InChI is InChI=1S/C20H30IN3O2/c1-7-8-9-16(2)15-26-20(25)24(21)19(5)17(3)14-18(4)23-12-10-22(6)11-13-23/h7-9,14,19H,1-2,4,10-13,15H2,3,5-6H3/b9-8-,17-14+/t19-/m0/s1. The molecule has 1 heterocycles. The molecule has 0 N–H and O–H groups in total. The molecule has 0 unspecified atom stereocenters. The Morgan fingerprint density at radius 1 is 1.31 bits per heavy atom. The van der Waals surface area contributed by atoms with Crippen LogP contribution in [0.25, 0.3) is 0 Å². The normalized spacial score (nSPS) is 17.1. The van der Waals surface area contributed by atoms with Gasteiger partial charge in [0.25, 0.3) is 0 Å². The summed E-state index contributed by atoms with van der Waals surface area (Å²) >= 11 is 1.99. The van der Waals surface area contributed by atoms with Gasteiger partial charge in [0.15, 0.2) is 0 Å². The predicted molar refractivity (Wildman–Crippen MR) is 117 cm³/mol. The van der Waals surface area contributed by atoms with Crippen molar-refractivity contribution in [1.82, 2.24) is 12.9 Å². The maximum Gasteiger partial charge on any atom is 0.419 e. The summed E-state index contributed by atoms with van der Waals surface area (Å²) in [6.07, 6.45) is 6.86. The highest BCUT2D eigenvalue weighted by molar-refractivity contribution is 14.1. The van der Waals surface area contributed by atoms with Crippen LogP contribution in [0.15, 0.2) is 60.9 Å². The zero-order valence-corrected chi connectivity index (χ0v) is 18.2. The summed E-state index contributed by atoms with van der Waals surface area (Å²) in [6, 6.07) is -0.0932. The van der Waals surface area contributed by atoms with E-state index in [0.29, 0.717) is 5.57 Å². The second-order valence-electron chi connectivity index (χ2n) is 6.46. The highest BCUT2D eigenvalue weighted by atomic mass is 127. The number of hydrogen-bond acceptors (Lipinski definition) is 4. The molecule has 0 aromatic carbocycles. The molecule has 0 spiro atoms. The summed E-state index contributed by atoms with van der Waals surface area (Å²) in [7, 11) is 2.13. The minimum Gasteiger partial charge on any atom is -0.444 e. The molecule has 0 aliphatic carbocycles. The smallest absolute Gasteiger partial charge is 0.419 e. The number of halogens is 1. The number of piperazine rings is 1. The molecule has 5 nitrogen and oxygen atoms in total. The number of amides is 1. The van der Waals surface area contributed by atoms with E-state index in [9.17, 15) is 4.79 Å². The lowest BCUT2D eigenvalue weighted by molar-refractivity contribution is 0.137. The van der Waals surface area contributed by atoms with Gasteiger partial charge >= 0.3 is 6.09 Å². The van der Waals surface area contributed by atoms with E-state index in [-0.39, 0.29) is 18.7 Å². The number of rotatable bonds is 8. The number of allylic oxidation sites excluding steroid dienone is 3. The van der Waals surface area contributed by atoms with Crippen molar-refractivity contribution in [3.63, 3.8) is 0 Å². The Morgan fingerprint density at radius 2 is 1.92 bits per heavy atom. The highest BCUT2D eigenvalue weighted by Gasteiger charge is 2.21. The average molecular weight is 471 g/mol. The van der Waals surface area contributed by atoms with Gasteiger partial charge in [0.2, 0.25) is 0 Å². The first-order valence-corrected chi connectivity index (χ1v) is 9.62. The Kier molecular flexibility index (Phi) is 9.72. The van der Waals surface area contributed by atoms with Crippen molar-refractivity contribution in [2.75, 3.05) is 39.8 Å². The molecular weight excluding hydrogens is 441 g/mol. The third-order valence-electron chi connectivity index (χ3n) is 4.33. The van der Waals surface area contributed by atoms with E-state index < -0.39 is 0 Å². The molecule has 0 radical (unpaired) electrons. The van der Waals surface area contributed by atoms with Gasteiger partial charge in [0.05, 0.1) is 28.9 Å². The van der Waals surface area contributed by atoms with Gasteiger partial charge in [-0.05, 0) is 38.1 Å². The van der Waals surface area contributed by atoms with E-state index in [2.05, 4.69) is 42.7 Å². The number of likely N-dealkylation sites (N-methyl/N-ethyl adjacent to an activating group) is 1. The first kappa shape index (κ1) is 22.5. The summed E-state index contributed by atoms with van der Waals surface area (Å²) in [5.41, 5.74) is 2.76. The van der Waals surface area contributed by atoms with Crippen molar-refractivity contribution in [3.05, 3.63) is 60.9 Å². The van der Waals surface area contributed by atoms with Crippen molar-refractivity contribution in [1.29, 1.82) is 0 Å². The monoisotopic (exact) mass is 471 g/mol. The van der Waals surface area contributed by atoms with Gasteiger partial charge < -0.3 is 14.5 Å². The molecular formula is C20H30IN3O2. The topological polar surface area (TPSA) is 36.0 Å². The van der Waals surface area contributed by atoms with Gasteiger partial charge in [-0.2, -0.15) is 0 Å². The molecule has 144 valence electrons. The predicted octanol–water partition coefficient (Wildman–Crippen LogP) is 4.17. The summed E-state index contributed by atoms with van der Waals surface area (Å²) < 4.78 is 6.86. The SMILES string of the molecule is C=C/C=C\C(=C)COC(=O)N(I)[C@@H](C)/C(C)=C/C(=C)N1CCN(C)CC1. The largest absolute Gasteiger partial charge is 0.444 e. The van der Waals surface area contributed by atoms with Gasteiger partial charge in [-0.15, -0.1) is 0 Å². The summed E-state index contributed by atoms with van der Waals surface area (Å²) in [5.74, 6) is 0. The first-order valence-electron chi connectivity index (χ1n) is 8.65. The van der Waals surface area contributed by atoms with Crippen LogP contribution in [0.3, 0.4) is 0 Å². The van der Waals surface area contributed by atoms with Crippen LogP contribution in [0.2, 0.25) is 0 Å². The Labute approximate surface area is 171 Å². The molecule has 26 heavy (non-hydrogen) atoms. The van der Waals surface area contributed by atoms with Gasteiger partial charge in [-0.25, -0.2) is 7.91 Å². The maximum absolute atomic E-state index is 12.2. The minimum atomic E-state index is -0.385. The Balaban J connectivity index is 2.56. The van der Waals surface area contributed by atoms with Gasteiger partial charge in [0.1, 0.15) is 6.61 Å². The number of carbonyl (C=O) groups excluding carboxylic acids is 1. The van der Waals surface area contributed by atoms with Gasteiger partial charge in [0, 0.05) is 31.9 Å². The molecule has 0 aromatic heterocycles. The summed E-state index contributed by atoms with van der Waals surface area (Å²) in [5, 5.41) is 0. The molecule has 1 amide bonds. The molecule has 1 rings (SSSR count). The Morgan fingerprint density at radius 3 is 2.50 bits per heavy atom. The van der Waals surface area contributed by atoms with E-state index in [1.165, 1.54) is 0 Å². The first-order chi connectivity index (χ1) is 12.3. The fraction of sp³-hybridized carbons (Fsp3) is 0.450. The van der Waals surface area contributed by atoms with E-state index in [4.69, 9.17) is 4.74 Å². The molecule has 6 heteroatoms. The van der Waals surface area contributed by atoms with E-state index >= 15 is 0 Å². The van der Waals surface area contributed by atoms with Crippen molar-refractivity contribution in [2.24, 2.45) is 0 Å². The van der Waals surface area contributed by atoms with Crippen LogP contribution in [0, 0.1) is 0 Å². The maximum atomic E-state index is 12.2. The average Bonchev–Trinajstić information content (AvgIpc) is 2.63. The van der Waals surface area contributed by atoms with E-state index in [0.717, 1.165) is 37.4 Å². The van der Waals surface area contributed by atoms with Crippen molar-refractivity contribution in [2.45, 2.75) is 19.9 Å². The lowest BCUT2D eigenvalue weighted by Gasteiger charge is -2.34. The van der Waals surface area contributed by atoms with Crippen molar-refractivity contribution >= 4 is 29.0 Å². The van der Waals surface area contributed by atoms with Gasteiger partial charge in [-0.3, -0.25) is 0 Å². The Bertz CT molecular complexity index is 590. The molecule has 1 saturated heterocycles. The molecule has 0 aromatic rings. The van der Waals surface area contributed by atoms with Crippen LogP contribution in [-0.4, -0.2) is 64.9 Å². The molecule has 0 saturated carbocycles. The summed E-state index contributed by atoms with van der Waals surface area (Å²) in [6.45, 7) is 19.8. The fourth-order valence-electron chi connectivity index (χ4n) is 2.37. The zero-order chi connectivity index (χ0) is 19.7. The number of ether oxygens (including phenoxy) is 1. The highest BCUT2D eigenvalue weighted by Crippen LogP contribution is 2.19. The molecule has 1 aliphatic rings. The molecule has 1 fully saturated rings. The number of hydrogen-bond donors (Lipinski definition) is 0. The van der Waals surface area contributed by atoms with Crippen LogP contribution in [0.5, 0.6) is 0 Å². The third-order valence-corrected chi connectivity index (χ3v) is 5.56. The second kappa shape index (κ2) is 11.2. The minimum absolute atomic E-state index is 0.0932. The Hall–Kier alpha value is -1.54. The zero-order valence-electron chi connectivity index (χ0n) is 16.1. The third kappa shape index (κ3) is 7.37. The summed E-state index contributed by atoms with van der Waals surface area (Å²) in [4.78, 5) is 16.8. The van der Waals surface area contributed by atoms with Crippen molar-refractivity contribution in [3.8, 4) is 0 Å². The quantitative estimate of drug-likeness (QED) is 0.303. The molecule has 1 aliphatic heterocycles. The number of nitrogens with zero attached hydrogens (tertiary/aromatic N) is 3. The van der Waals surface area contributed by atoms with E-state index in [1.807, 2.05) is 36.7 Å². The van der Waals surface area contributed by atoms with Crippen LogP contribution in [0.4, 0.5) is 4.79 Å². The molecule has 1 atom stereocenters. The van der Waals surface area contributed by atoms with Crippen LogP contribution < -0.4 is 0 Å². The van der Waals surface area contributed by atoms with Crippen LogP contribution >= 0.6 is 22.9 Å². The lowest BCUT2D eigenvalue weighted by atomic mass is 10.1. The van der Waals surface area contributed by atoms with Crippen molar-refractivity contribution < 1.29 is 9.53 Å². The fourth-order valence-corrected chi connectivity index (χ4v) is 2.95. The second-order valence-corrected chi connectivity index (χ2v) is 7.50. The molecule has 0 bridgehead atoms. The van der Waals surface area contributed by atoms with Crippen LogP contribution in [0.1, 0.15) is 13.8 Å². The number of carbonyl (C=O) groups is 1. The van der Waals surface area contributed by atoms with Gasteiger partial charge in [-0.1, -0.05) is 38.0 Å². The van der Waals surface area contributed by atoms with E-state index in [1.54, 1.807) is 21.3 Å².